The fourth-order valence-corrected chi connectivity index (χ4v) is 6.77. The van der Waals surface area contributed by atoms with Crippen LogP contribution in [0.1, 0.15) is 163 Å². The number of hydrogen-bond donors (Lipinski definition) is 4. The van der Waals surface area contributed by atoms with Gasteiger partial charge in [-0.1, -0.05) is 132 Å². The molecule has 3 aromatic carbocycles. The van der Waals surface area contributed by atoms with Crippen LogP contribution in [0.25, 0.3) is 0 Å². The van der Waals surface area contributed by atoms with Crippen molar-refractivity contribution in [2.75, 3.05) is 0 Å². The fourth-order valence-electron chi connectivity index (χ4n) is 6.41. The average Bonchev–Trinajstić information content (AvgIpc) is 3.70. The number of benzene rings is 3. The predicted octanol–water partition coefficient (Wildman–Crippen LogP) is 11.5. The highest BCUT2D eigenvalue weighted by molar-refractivity contribution is 14.1. The molecule has 0 saturated carbocycles. The third-order valence-electron chi connectivity index (χ3n) is 9.88. The molecule has 0 aliphatic rings. The molecule has 0 bridgehead atoms. The zero-order valence-corrected chi connectivity index (χ0v) is 34.2. The van der Waals surface area contributed by atoms with E-state index in [1.807, 2.05) is 12.1 Å². The lowest BCUT2D eigenvalue weighted by Gasteiger charge is -2.27. The van der Waals surface area contributed by atoms with Crippen molar-refractivity contribution in [3.8, 4) is 0 Å². The number of hydrogen-bond acceptors (Lipinski definition) is 2. The molecule has 2 heterocycles. The van der Waals surface area contributed by atoms with Crippen molar-refractivity contribution < 1.29 is 10.2 Å². The first kappa shape index (κ1) is 38.1. The molecule has 0 saturated heterocycles. The Labute approximate surface area is 314 Å². The van der Waals surface area contributed by atoms with Gasteiger partial charge in [-0.25, -0.2) is 0 Å². The Hall–Kier alpha value is -3.13. The van der Waals surface area contributed by atoms with Gasteiger partial charge in [-0.3, -0.25) is 0 Å². The quantitative estimate of drug-likeness (QED) is 0.124. The van der Waals surface area contributed by atoms with Crippen LogP contribution in [0.5, 0.6) is 0 Å². The number of aromatic nitrogens is 2. The van der Waals surface area contributed by atoms with Gasteiger partial charge < -0.3 is 20.2 Å². The monoisotopic (exact) mass is 784 g/mol. The van der Waals surface area contributed by atoms with Gasteiger partial charge in [0.05, 0.1) is 5.92 Å². The van der Waals surface area contributed by atoms with E-state index in [1.54, 1.807) is 0 Å². The molecule has 5 heteroatoms. The summed E-state index contributed by atoms with van der Waals surface area (Å²) < 4.78 is 1.16. The molecule has 4 nitrogen and oxygen atoms in total. The Balaban J connectivity index is 1.55. The molecule has 0 spiro atoms. The Morgan fingerprint density at radius 3 is 1.02 bits per heavy atom. The predicted molar refractivity (Wildman–Crippen MR) is 217 cm³/mol. The minimum Gasteiger partial charge on any atom is -0.382 e. The van der Waals surface area contributed by atoms with E-state index in [0.717, 1.165) is 43.0 Å². The molecule has 2 aromatic heterocycles. The van der Waals surface area contributed by atoms with E-state index >= 15 is 0 Å². The summed E-state index contributed by atoms with van der Waals surface area (Å²) in [5, 5.41) is 23.7. The molecule has 2 unspecified atom stereocenters. The van der Waals surface area contributed by atoms with Gasteiger partial charge >= 0.3 is 0 Å². The fraction of sp³-hybridized carbons (Fsp3) is 0.422. The van der Waals surface area contributed by atoms with Gasteiger partial charge in [-0.05, 0) is 120 Å². The number of nitrogens with one attached hydrogen (secondary N) is 2. The zero-order valence-electron chi connectivity index (χ0n) is 32.1. The second-order valence-corrected chi connectivity index (χ2v) is 19.5. The Morgan fingerprint density at radius 2 is 0.720 bits per heavy atom. The van der Waals surface area contributed by atoms with Crippen LogP contribution in [0.3, 0.4) is 0 Å². The van der Waals surface area contributed by atoms with E-state index in [1.165, 1.54) is 22.3 Å². The molecule has 5 rings (SSSR count). The Bertz CT molecular complexity index is 1750. The van der Waals surface area contributed by atoms with Crippen molar-refractivity contribution in [1.29, 1.82) is 0 Å². The van der Waals surface area contributed by atoms with Gasteiger partial charge in [0.15, 0.2) is 0 Å². The van der Waals surface area contributed by atoms with Gasteiger partial charge in [-0.2, -0.15) is 0 Å². The number of aliphatic hydroxyl groups is 2. The molecule has 0 amide bonds. The standard InChI is InChI=1S/C45H57IN2O2/c1-42(2,3)30-21-28(22-31(25-30)43(4,5)6)40(49)37-19-17-35(47-37)39(27-13-15-34(46)16-14-27)36-18-20-38(48-36)41(50)29-23-32(44(7,8)9)26-33(24-29)45(10,11)12/h13-26,39-41,47-50H,1-12H3. The highest BCUT2D eigenvalue weighted by Crippen LogP contribution is 2.38. The van der Waals surface area contributed by atoms with Crippen molar-refractivity contribution in [2.45, 2.75) is 123 Å². The lowest BCUT2D eigenvalue weighted by atomic mass is 9.79. The summed E-state index contributed by atoms with van der Waals surface area (Å²) in [6, 6.07) is 29.9. The van der Waals surface area contributed by atoms with E-state index < -0.39 is 12.2 Å². The first-order chi connectivity index (χ1) is 23.0. The lowest BCUT2D eigenvalue weighted by molar-refractivity contribution is 0.215. The number of aromatic amines is 2. The number of aliphatic hydroxyl groups excluding tert-OH is 2. The van der Waals surface area contributed by atoms with Crippen LogP contribution in [0.4, 0.5) is 0 Å². The summed E-state index contributed by atoms with van der Waals surface area (Å²) in [7, 11) is 0. The zero-order chi connectivity index (χ0) is 37.0. The molecule has 0 radical (unpaired) electrons. The van der Waals surface area contributed by atoms with Crippen LogP contribution in [0, 0.1) is 3.57 Å². The van der Waals surface area contributed by atoms with Crippen molar-refractivity contribution in [3.05, 3.63) is 150 Å². The smallest absolute Gasteiger partial charge is 0.119 e. The molecular weight excluding hydrogens is 727 g/mol. The maximum Gasteiger partial charge on any atom is 0.119 e. The molecular formula is C45H57IN2O2. The minimum absolute atomic E-state index is 0.0508. The van der Waals surface area contributed by atoms with E-state index in [2.05, 4.69) is 188 Å². The SMILES string of the molecule is CC(C)(C)c1cc(C(O)c2ccc(C(c3ccc(I)cc3)c3ccc(C(O)c4cc(C(C)(C)C)cc(C(C)(C)C)c4)[nH]3)[nH]2)cc(C(C)(C)C)c1. The van der Waals surface area contributed by atoms with E-state index in [0.29, 0.717) is 0 Å². The third-order valence-corrected chi connectivity index (χ3v) is 10.6. The maximum absolute atomic E-state index is 11.8. The van der Waals surface area contributed by atoms with Crippen LogP contribution in [0.15, 0.2) is 84.9 Å². The first-order valence-electron chi connectivity index (χ1n) is 17.8. The summed E-state index contributed by atoms with van der Waals surface area (Å²) in [6.07, 6.45) is -1.62. The van der Waals surface area contributed by atoms with Gasteiger partial charge in [0.2, 0.25) is 0 Å². The largest absolute Gasteiger partial charge is 0.382 e. The van der Waals surface area contributed by atoms with Crippen LogP contribution in [-0.4, -0.2) is 20.2 Å². The average molecular weight is 785 g/mol. The van der Waals surface area contributed by atoms with E-state index in [4.69, 9.17) is 0 Å². The molecule has 0 fully saturated rings. The lowest BCUT2D eigenvalue weighted by Crippen LogP contribution is -2.18. The molecule has 4 N–H and O–H groups in total. The molecule has 0 aliphatic carbocycles. The van der Waals surface area contributed by atoms with Crippen LogP contribution >= 0.6 is 22.6 Å². The Morgan fingerprint density at radius 1 is 0.420 bits per heavy atom. The molecule has 266 valence electrons. The van der Waals surface area contributed by atoms with Crippen molar-refractivity contribution in [3.63, 3.8) is 0 Å². The maximum atomic E-state index is 11.8. The topological polar surface area (TPSA) is 72.0 Å². The third kappa shape index (κ3) is 8.49. The summed E-state index contributed by atoms with van der Waals surface area (Å²) in [5.41, 5.74) is 11.0. The summed E-state index contributed by atoms with van der Waals surface area (Å²) in [4.78, 5) is 7.25. The second-order valence-electron chi connectivity index (χ2n) is 18.2. The van der Waals surface area contributed by atoms with E-state index in [9.17, 15) is 10.2 Å². The van der Waals surface area contributed by atoms with Crippen molar-refractivity contribution in [2.24, 2.45) is 0 Å². The molecule has 0 aliphatic heterocycles. The van der Waals surface area contributed by atoms with Gasteiger partial charge in [0.1, 0.15) is 12.2 Å². The van der Waals surface area contributed by atoms with E-state index in [-0.39, 0.29) is 27.6 Å². The van der Waals surface area contributed by atoms with Gasteiger partial charge in [-0.15, -0.1) is 0 Å². The molecule has 50 heavy (non-hydrogen) atoms. The van der Waals surface area contributed by atoms with Crippen LogP contribution in [-0.2, 0) is 21.7 Å². The second kappa shape index (κ2) is 13.8. The summed E-state index contributed by atoms with van der Waals surface area (Å²) in [5.74, 6) is -0.161. The number of rotatable bonds is 7. The van der Waals surface area contributed by atoms with Gasteiger partial charge in [0.25, 0.3) is 0 Å². The van der Waals surface area contributed by atoms with Crippen LogP contribution < -0.4 is 0 Å². The number of halogens is 1. The highest BCUT2D eigenvalue weighted by Gasteiger charge is 2.27. The highest BCUT2D eigenvalue weighted by atomic mass is 127. The number of H-pyrrole nitrogens is 2. The Kier molecular flexibility index (Phi) is 10.5. The summed E-state index contributed by atoms with van der Waals surface area (Å²) >= 11 is 2.34. The first-order valence-corrected chi connectivity index (χ1v) is 18.9. The molecule has 2 atom stereocenters. The van der Waals surface area contributed by atoms with Crippen LogP contribution in [0.2, 0.25) is 0 Å². The minimum atomic E-state index is -0.808. The van der Waals surface area contributed by atoms with Crippen molar-refractivity contribution in [1.82, 2.24) is 9.97 Å². The normalized spacial score (nSPS) is 14.9. The molecule has 5 aromatic rings. The summed E-state index contributed by atoms with van der Waals surface area (Å²) in [6.45, 7) is 26.6. The van der Waals surface area contributed by atoms with Gasteiger partial charge in [0, 0.05) is 26.3 Å². The van der Waals surface area contributed by atoms with Crippen molar-refractivity contribution >= 4 is 22.6 Å².